The van der Waals surface area contributed by atoms with Crippen molar-refractivity contribution in [2.24, 2.45) is 0 Å². The van der Waals surface area contributed by atoms with E-state index in [2.05, 4.69) is 5.32 Å². The fourth-order valence-electron chi connectivity index (χ4n) is 1.95. The summed E-state index contributed by atoms with van der Waals surface area (Å²) >= 11 is 11.7. The first-order chi connectivity index (χ1) is 11.2. The van der Waals surface area contributed by atoms with Gasteiger partial charge in [0, 0.05) is 22.8 Å². The summed E-state index contributed by atoms with van der Waals surface area (Å²) in [6.45, 7) is -0.476. The summed E-state index contributed by atoms with van der Waals surface area (Å²) in [6.07, 6.45) is -3.65. The van der Waals surface area contributed by atoms with Crippen LogP contribution in [-0.2, 0) is 24.1 Å². The molecule has 0 unspecified atom stereocenters. The minimum atomic E-state index is -4.77. The Hall–Kier alpha value is -1.99. The smallest absolute Gasteiger partial charge is 0.350 e. The fraction of sp³-hybridized carbons (Fsp3) is 0.200. The monoisotopic (exact) mass is 378 g/mol. The number of carbonyl (C=O) groups is 1. The molecule has 0 atom stereocenters. The zero-order chi connectivity index (χ0) is 17.9. The second-order valence-corrected chi connectivity index (χ2v) is 5.71. The van der Waals surface area contributed by atoms with Gasteiger partial charge in [0.15, 0.2) is 0 Å². The van der Waals surface area contributed by atoms with E-state index in [1.54, 1.807) is 12.1 Å². The summed E-state index contributed by atoms with van der Waals surface area (Å²) in [5, 5.41) is 3.27. The normalized spacial score (nSPS) is 11.4. The molecular formula is C15H11Cl2F3N2O2. The van der Waals surface area contributed by atoms with Crippen LogP contribution < -0.4 is 10.9 Å². The van der Waals surface area contributed by atoms with Crippen LogP contribution in [0, 0.1) is 0 Å². The van der Waals surface area contributed by atoms with E-state index in [1.165, 1.54) is 6.07 Å². The first-order valence-corrected chi connectivity index (χ1v) is 7.41. The van der Waals surface area contributed by atoms with Crippen molar-refractivity contribution in [2.75, 3.05) is 0 Å². The molecule has 1 heterocycles. The topological polar surface area (TPSA) is 51.1 Å². The average molecular weight is 379 g/mol. The van der Waals surface area contributed by atoms with Crippen LogP contribution in [0.4, 0.5) is 13.2 Å². The summed E-state index contributed by atoms with van der Waals surface area (Å²) in [6, 6.07) is 6.44. The molecule has 1 aromatic carbocycles. The van der Waals surface area contributed by atoms with Crippen LogP contribution >= 0.6 is 23.2 Å². The lowest BCUT2D eigenvalue weighted by atomic mass is 10.2. The second-order valence-electron chi connectivity index (χ2n) is 4.87. The molecule has 1 N–H and O–H groups in total. The molecule has 2 rings (SSSR count). The van der Waals surface area contributed by atoms with Crippen LogP contribution in [-0.4, -0.2) is 10.5 Å². The van der Waals surface area contributed by atoms with E-state index in [0.29, 0.717) is 26.2 Å². The van der Waals surface area contributed by atoms with Gasteiger partial charge in [0.2, 0.25) is 5.91 Å². The Labute approximate surface area is 144 Å². The number of pyridine rings is 1. The highest BCUT2D eigenvalue weighted by atomic mass is 35.5. The fourth-order valence-corrected chi connectivity index (χ4v) is 2.42. The van der Waals surface area contributed by atoms with Crippen LogP contribution in [0.1, 0.15) is 11.1 Å². The van der Waals surface area contributed by atoms with Crippen LogP contribution in [0.2, 0.25) is 10.0 Å². The number of hydrogen-bond donors (Lipinski definition) is 1. The van der Waals surface area contributed by atoms with Crippen molar-refractivity contribution in [1.82, 2.24) is 9.88 Å². The van der Waals surface area contributed by atoms with Gasteiger partial charge in [-0.05, 0) is 29.8 Å². The summed E-state index contributed by atoms with van der Waals surface area (Å²) in [5.74, 6) is -0.623. The third-order valence-corrected chi connectivity index (χ3v) is 3.72. The van der Waals surface area contributed by atoms with E-state index in [0.717, 1.165) is 12.3 Å². The molecule has 0 radical (unpaired) electrons. The van der Waals surface area contributed by atoms with Crippen molar-refractivity contribution in [3.63, 3.8) is 0 Å². The van der Waals surface area contributed by atoms with E-state index in [1.807, 2.05) is 0 Å². The third-order valence-electron chi connectivity index (χ3n) is 3.13. The first-order valence-electron chi connectivity index (χ1n) is 6.66. The van der Waals surface area contributed by atoms with Crippen molar-refractivity contribution in [3.8, 4) is 0 Å². The number of nitrogens with one attached hydrogen (secondary N) is 1. The summed E-state index contributed by atoms with van der Waals surface area (Å²) in [5.41, 5.74) is -2.01. The van der Waals surface area contributed by atoms with Gasteiger partial charge >= 0.3 is 6.18 Å². The van der Waals surface area contributed by atoms with Gasteiger partial charge in [-0.15, -0.1) is 0 Å². The van der Waals surface area contributed by atoms with Gasteiger partial charge in [-0.2, -0.15) is 13.2 Å². The molecule has 128 valence electrons. The van der Waals surface area contributed by atoms with Crippen LogP contribution in [0.15, 0.2) is 41.3 Å². The van der Waals surface area contributed by atoms with E-state index < -0.39 is 29.8 Å². The minimum Gasteiger partial charge on any atom is -0.350 e. The Bertz CT molecular complexity index is 819. The van der Waals surface area contributed by atoms with Gasteiger partial charge in [-0.3, -0.25) is 9.59 Å². The lowest BCUT2D eigenvalue weighted by molar-refractivity contribution is -0.139. The molecule has 4 nitrogen and oxygen atoms in total. The Kier molecular flexibility index (Phi) is 5.56. The van der Waals surface area contributed by atoms with E-state index in [-0.39, 0.29) is 6.54 Å². The Balaban J connectivity index is 2.07. The Morgan fingerprint density at radius 3 is 2.54 bits per heavy atom. The van der Waals surface area contributed by atoms with Crippen molar-refractivity contribution in [3.05, 3.63) is 68.1 Å². The van der Waals surface area contributed by atoms with Gasteiger partial charge < -0.3 is 9.88 Å². The number of halogens is 5. The van der Waals surface area contributed by atoms with Crippen molar-refractivity contribution in [2.45, 2.75) is 19.3 Å². The number of nitrogens with zero attached hydrogens (tertiary/aromatic N) is 1. The van der Waals surface area contributed by atoms with Crippen LogP contribution in [0.5, 0.6) is 0 Å². The average Bonchev–Trinajstić information content (AvgIpc) is 2.47. The maximum Gasteiger partial charge on any atom is 0.421 e. The number of rotatable bonds is 4. The van der Waals surface area contributed by atoms with E-state index in [4.69, 9.17) is 23.2 Å². The van der Waals surface area contributed by atoms with Crippen molar-refractivity contribution >= 4 is 29.1 Å². The van der Waals surface area contributed by atoms with Gasteiger partial charge in [0.05, 0.1) is 0 Å². The van der Waals surface area contributed by atoms with E-state index in [9.17, 15) is 22.8 Å². The maximum atomic E-state index is 12.7. The van der Waals surface area contributed by atoms with Crippen molar-refractivity contribution < 1.29 is 18.0 Å². The number of aromatic nitrogens is 1. The Morgan fingerprint density at radius 2 is 1.92 bits per heavy atom. The zero-order valence-electron chi connectivity index (χ0n) is 12.0. The molecule has 0 bridgehead atoms. The maximum absolute atomic E-state index is 12.7. The molecule has 0 aliphatic carbocycles. The minimum absolute atomic E-state index is 0.0581. The standard InChI is InChI=1S/C15H11Cl2F3N2O2/c16-10-4-3-9(12(17)6-10)7-21-13(23)8-22-5-1-2-11(14(22)24)15(18,19)20/h1-6H,7-8H2,(H,21,23). The number of amides is 1. The number of alkyl halides is 3. The Morgan fingerprint density at radius 1 is 1.21 bits per heavy atom. The highest BCUT2D eigenvalue weighted by Crippen LogP contribution is 2.26. The first kappa shape index (κ1) is 18.4. The predicted molar refractivity (Wildman–Crippen MR) is 84.0 cm³/mol. The highest BCUT2D eigenvalue weighted by Gasteiger charge is 2.34. The molecule has 1 amide bonds. The molecule has 2 aromatic rings. The van der Waals surface area contributed by atoms with Gasteiger partial charge in [0.25, 0.3) is 5.56 Å². The molecule has 0 aliphatic heterocycles. The summed E-state index contributed by atoms with van der Waals surface area (Å²) in [4.78, 5) is 23.6. The van der Waals surface area contributed by atoms with Crippen LogP contribution in [0.3, 0.4) is 0 Å². The molecule has 1 aromatic heterocycles. The van der Waals surface area contributed by atoms with E-state index >= 15 is 0 Å². The lowest BCUT2D eigenvalue weighted by Gasteiger charge is -2.11. The molecular weight excluding hydrogens is 368 g/mol. The molecule has 0 saturated carbocycles. The molecule has 9 heteroatoms. The summed E-state index contributed by atoms with van der Waals surface area (Å²) < 4.78 is 38.7. The number of hydrogen-bond acceptors (Lipinski definition) is 2. The van der Waals surface area contributed by atoms with Gasteiger partial charge in [0.1, 0.15) is 12.1 Å². The van der Waals surface area contributed by atoms with Crippen LogP contribution in [0.25, 0.3) is 0 Å². The quantitative estimate of drug-likeness (QED) is 0.885. The molecule has 0 aliphatic rings. The van der Waals surface area contributed by atoms with Crippen molar-refractivity contribution in [1.29, 1.82) is 0 Å². The predicted octanol–water partition coefficient (Wildman–Crippen LogP) is 3.49. The second kappa shape index (κ2) is 7.27. The SMILES string of the molecule is O=C(Cn1cccc(C(F)(F)F)c1=O)NCc1ccc(Cl)cc1Cl. The highest BCUT2D eigenvalue weighted by molar-refractivity contribution is 6.35. The van der Waals surface area contributed by atoms with Gasteiger partial charge in [-0.1, -0.05) is 29.3 Å². The lowest BCUT2D eigenvalue weighted by Crippen LogP contribution is -2.34. The molecule has 0 saturated heterocycles. The number of carbonyl (C=O) groups excluding carboxylic acids is 1. The molecule has 0 spiro atoms. The molecule has 24 heavy (non-hydrogen) atoms. The van der Waals surface area contributed by atoms with Gasteiger partial charge in [-0.25, -0.2) is 0 Å². The number of benzene rings is 1. The summed E-state index contributed by atoms with van der Waals surface area (Å²) in [7, 11) is 0. The molecule has 0 fully saturated rings. The third kappa shape index (κ3) is 4.52. The zero-order valence-corrected chi connectivity index (χ0v) is 13.5. The largest absolute Gasteiger partial charge is 0.421 e.